The normalized spacial score (nSPS) is 26.7. The fourth-order valence-corrected chi connectivity index (χ4v) is 3.23. The van der Waals surface area contributed by atoms with Gasteiger partial charge in [0.15, 0.2) is 0 Å². The van der Waals surface area contributed by atoms with E-state index in [0.717, 1.165) is 11.3 Å². The molecule has 24 heavy (non-hydrogen) atoms. The van der Waals surface area contributed by atoms with Crippen molar-refractivity contribution in [2.24, 2.45) is 5.92 Å². The first-order valence-electron chi connectivity index (χ1n) is 8.64. The van der Waals surface area contributed by atoms with E-state index in [4.69, 9.17) is 9.47 Å². The molecule has 6 heteroatoms. The standard InChI is InChI=1S/C18H26N2O4/c1-23-14-7-5-12(6-8-14)9-15-17(16(21)11-19-15)24-18(22)20-10-13-3-2-4-13/h5-8,13,15-17,19,21H,2-4,9-11H2,1H3,(H,20,22)/t15-,16?,17+/m1/s1. The number of alkyl carbamates (subject to hydrolysis) is 1. The summed E-state index contributed by atoms with van der Waals surface area (Å²) in [6, 6.07) is 7.68. The third kappa shape index (κ3) is 4.19. The summed E-state index contributed by atoms with van der Waals surface area (Å²) in [5, 5.41) is 16.2. The fraction of sp³-hybridized carbons (Fsp3) is 0.611. The van der Waals surface area contributed by atoms with Gasteiger partial charge in [0.2, 0.25) is 0 Å². The summed E-state index contributed by atoms with van der Waals surface area (Å²) >= 11 is 0. The number of hydrogen-bond acceptors (Lipinski definition) is 5. The van der Waals surface area contributed by atoms with Gasteiger partial charge in [0.25, 0.3) is 0 Å². The lowest BCUT2D eigenvalue weighted by atomic mass is 9.85. The fourth-order valence-electron chi connectivity index (χ4n) is 3.23. The molecule has 1 aliphatic heterocycles. The van der Waals surface area contributed by atoms with Crippen LogP contribution in [0.3, 0.4) is 0 Å². The largest absolute Gasteiger partial charge is 0.497 e. The van der Waals surface area contributed by atoms with Crippen LogP contribution in [0.2, 0.25) is 0 Å². The molecular formula is C18H26N2O4. The molecule has 1 aromatic carbocycles. The minimum Gasteiger partial charge on any atom is -0.497 e. The van der Waals surface area contributed by atoms with Crippen molar-refractivity contribution < 1.29 is 19.4 Å². The molecule has 6 nitrogen and oxygen atoms in total. The highest BCUT2D eigenvalue weighted by Gasteiger charge is 2.37. The number of aliphatic hydroxyl groups excluding tert-OH is 1. The van der Waals surface area contributed by atoms with Crippen molar-refractivity contribution in [2.75, 3.05) is 20.2 Å². The van der Waals surface area contributed by atoms with E-state index in [0.29, 0.717) is 25.4 Å². The molecular weight excluding hydrogens is 308 g/mol. The van der Waals surface area contributed by atoms with Crippen molar-refractivity contribution in [1.82, 2.24) is 10.6 Å². The van der Waals surface area contributed by atoms with Crippen molar-refractivity contribution in [1.29, 1.82) is 0 Å². The van der Waals surface area contributed by atoms with Gasteiger partial charge in [0.1, 0.15) is 18.0 Å². The van der Waals surface area contributed by atoms with Crippen molar-refractivity contribution in [3.05, 3.63) is 29.8 Å². The van der Waals surface area contributed by atoms with Crippen molar-refractivity contribution in [3.63, 3.8) is 0 Å². The van der Waals surface area contributed by atoms with Gasteiger partial charge >= 0.3 is 6.09 Å². The van der Waals surface area contributed by atoms with Crippen LogP contribution < -0.4 is 15.4 Å². The van der Waals surface area contributed by atoms with Crippen molar-refractivity contribution >= 4 is 6.09 Å². The van der Waals surface area contributed by atoms with Crippen LogP contribution in [-0.2, 0) is 11.2 Å². The number of nitrogens with one attached hydrogen (secondary N) is 2. The predicted molar refractivity (Wildman–Crippen MR) is 90.1 cm³/mol. The molecule has 3 N–H and O–H groups in total. The Hall–Kier alpha value is -1.79. The van der Waals surface area contributed by atoms with Gasteiger partial charge in [-0.15, -0.1) is 0 Å². The first-order valence-corrected chi connectivity index (χ1v) is 8.64. The van der Waals surface area contributed by atoms with Crippen molar-refractivity contribution in [2.45, 2.75) is 43.9 Å². The maximum Gasteiger partial charge on any atom is 0.407 e. The third-order valence-corrected chi connectivity index (χ3v) is 4.98. The molecule has 3 rings (SSSR count). The first-order chi connectivity index (χ1) is 11.7. The summed E-state index contributed by atoms with van der Waals surface area (Å²) in [5.41, 5.74) is 1.10. The van der Waals surface area contributed by atoms with Gasteiger partial charge in [-0.05, 0) is 42.9 Å². The van der Waals surface area contributed by atoms with Crippen LogP contribution in [-0.4, -0.2) is 49.6 Å². The number of aliphatic hydroxyl groups is 1. The smallest absolute Gasteiger partial charge is 0.407 e. The zero-order valence-corrected chi connectivity index (χ0v) is 14.0. The highest BCUT2D eigenvalue weighted by molar-refractivity contribution is 5.67. The number of benzene rings is 1. The Balaban J connectivity index is 1.52. The Bertz CT molecular complexity index is 544. The second kappa shape index (κ2) is 7.85. The Kier molecular flexibility index (Phi) is 5.58. The number of methoxy groups -OCH3 is 1. The van der Waals surface area contributed by atoms with Crippen LogP contribution in [0.15, 0.2) is 24.3 Å². The van der Waals surface area contributed by atoms with E-state index in [-0.39, 0.29) is 6.04 Å². The van der Waals surface area contributed by atoms with E-state index in [1.165, 1.54) is 19.3 Å². The van der Waals surface area contributed by atoms with Crippen LogP contribution in [0.1, 0.15) is 24.8 Å². The Morgan fingerprint density at radius 1 is 1.33 bits per heavy atom. The number of carbonyl (C=O) groups is 1. The van der Waals surface area contributed by atoms with Crippen LogP contribution in [0.5, 0.6) is 5.75 Å². The van der Waals surface area contributed by atoms with Crippen LogP contribution >= 0.6 is 0 Å². The average Bonchev–Trinajstić information content (AvgIpc) is 2.87. The monoisotopic (exact) mass is 334 g/mol. The van der Waals surface area contributed by atoms with Gasteiger partial charge in [-0.2, -0.15) is 0 Å². The van der Waals surface area contributed by atoms with Gasteiger partial charge in [-0.3, -0.25) is 0 Å². The van der Waals surface area contributed by atoms with Gasteiger partial charge in [0.05, 0.1) is 13.2 Å². The van der Waals surface area contributed by atoms with E-state index in [2.05, 4.69) is 10.6 Å². The minimum atomic E-state index is -0.678. The second-order valence-electron chi connectivity index (χ2n) is 6.68. The van der Waals surface area contributed by atoms with Gasteiger partial charge in [-0.25, -0.2) is 4.79 Å². The summed E-state index contributed by atoms with van der Waals surface area (Å²) in [7, 11) is 1.63. The zero-order valence-electron chi connectivity index (χ0n) is 14.0. The molecule has 1 amide bonds. The SMILES string of the molecule is COc1ccc(C[C@H]2NCC(O)[C@H]2OC(=O)NCC2CCC2)cc1. The van der Waals surface area contributed by atoms with E-state index in [1.54, 1.807) is 7.11 Å². The highest BCUT2D eigenvalue weighted by Crippen LogP contribution is 2.25. The summed E-state index contributed by atoms with van der Waals surface area (Å²) in [6.45, 7) is 1.10. The van der Waals surface area contributed by atoms with Gasteiger partial charge in [-0.1, -0.05) is 18.6 Å². The Morgan fingerprint density at radius 3 is 2.71 bits per heavy atom. The maximum absolute atomic E-state index is 12.0. The zero-order chi connectivity index (χ0) is 16.9. The first kappa shape index (κ1) is 17.0. The number of carbonyl (C=O) groups excluding carboxylic acids is 1. The molecule has 0 spiro atoms. The topological polar surface area (TPSA) is 79.8 Å². The van der Waals surface area contributed by atoms with Crippen LogP contribution in [0.25, 0.3) is 0 Å². The number of hydrogen-bond donors (Lipinski definition) is 3. The van der Waals surface area contributed by atoms with E-state index in [9.17, 15) is 9.90 Å². The van der Waals surface area contributed by atoms with Crippen LogP contribution in [0.4, 0.5) is 4.79 Å². The van der Waals surface area contributed by atoms with E-state index < -0.39 is 18.3 Å². The highest BCUT2D eigenvalue weighted by atomic mass is 16.6. The summed E-state index contributed by atoms with van der Waals surface area (Å²) in [4.78, 5) is 12.0. The quantitative estimate of drug-likeness (QED) is 0.734. The third-order valence-electron chi connectivity index (χ3n) is 4.98. The summed E-state index contributed by atoms with van der Waals surface area (Å²) in [6.07, 6.45) is 2.63. The molecule has 3 atom stereocenters. The molecule has 1 aromatic rings. The molecule has 0 radical (unpaired) electrons. The van der Waals surface area contributed by atoms with E-state index in [1.807, 2.05) is 24.3 Å². The second-order valence-corrected chi connectivity index (χ2v) is 6.68. The molecule has 132 valence electrons. The molecule has 1 unspecified atom stereocenters. The molecule has 2 aliphatic rings. The number of amides is 1. The molecule has 1 saturated carbocycles. The Morgan fingerprint density at radius 2 is 2.08 bits per heavy atom. The number of ether oxygens (including phenoxy) is 2. The predicted octanol–water partition coefficient (Wildman–Crippen LogP) is 1.47. The molecule has 1 saturated heterocycles. The molecule has 1 aliphatic carbocycles. The lowest BCUT2D eigenvalue weighted by Crippen LogP contribution is -2.42. The summed E-state index contributed by atoms with van der Waals surface area (Å²) in [5.74, 6) is 1.39. The summed E-state index contributed by atoms with van der Waals surface area (Å²) < 4.78 is 10.6. The van der Waals surface area contributed by atoms with Crippen molar-refractivity contribution in [3.8, 4) is 5.75 Å². The molecule has 0 bridgehead atoms. The lowest BCUT2D eigenvalue weighted by molar-refractivity contribution is 0.0181. The molecule has 1 heterocycles. The Labute approximate surface area is 142 Å². The molecule has 2 fully saturated rings. The number of β-amino-alcohol motifs (C(OH)–C–C–N with tert-alkyl or cyclic N) is 1. The maximum atomic E-state index is 12.0. The lowest BCUT2D eigenvalue weighted by Gasteiger charge is -2.26. The minimum absolute atomic E-state index is 0.0946. The average molecular weight is 334 g/mol. The van der Waals surface area contributed by atoms with Gasteiger partial charge < -0.3 is 25.2 Å². The van der Waals surface area contributed by atoms with Gasteiger partial charge in [0, 0.05) is 13.1 Å². The molecule has 0 aromatic heterocycles. The van der Waals surface area contributed by atoms with E-state index >= 15 is 0 Å². The van der Waals surface area contributed by atoms with Crippen LogP contribution in [0, 0.1) is 5.92 Å². The number of rotatable bonds is 6.